The van der Waals surface area contributed by atoms with Crippen molar-refractivity contribution in [1.29, 1.82) is 0 Å². The maximum absolute atomic E-state index is 12.6. The number of piperazine rings is 1. The van der Waals surface area contributed by atoms with Crippen LogP contribution >= 0.6 is 0 Å². The summed E-state index contributed by atoms with van der Waals surface area (Å²) in [5.41, 5.74) is 1.35. The van der Waals surface area contributed by atoms with E-state index >= 15 is 0 Å². The molecule has 0 radical (unpaired) electrons. The molecule has 0 spiro atoms. The van der Waals surface area contributed by atoms with Crippen LogP contribution < -0.4 is 10.2 Å². The molecule has 1 aliphatic heterocycles. The van der Waals surface area contributed by atoms with Crippen molar-refractivity contribution in [1.82, 2.24) is 15.1 Å². The minimum atomic E-state index is -4.40. The zero-order valence-electron chi connectivity index (χ0n) is 16.5. The van der Waals surface area contributed by atoms with Gasteiger partial charge in [0.15, 0.2) is 5.82 Å². The summed E-state index contributed by atoms with van der Waals surface area (Å²) >= 11 is 0. The summed E-state index contributed by atoms with van der Waals surface area (Å²) in [6.45, 7) is 2.10. The Balaban J connectivity index is 1.31. The number of benzene rings is 2. The van der Waals surface area contributed by atoms with Crippen LogP contribution in [0.25, 0.3) is 11.3 Å². The summed E-state index contributed by atoms with van der Waals surface area (Å²) in [6, 6.07) is 17.7. The number of hydrogen-bond donors (Lipinski definition) is 1. The van der Waals surface area contributed by atoms with Crippen LogP contribution in [-0.4, -0.2) is 47.3 Å². The van der Waals surface area contributed by atoms with Gasteiger partial charge >= 0.3 is 12.2 Å². The van der Waals surface area contributed by atoms with Gasteiger partial charge in [0.2, 0.25) is 0 Å². The Morgan fingerprint density at radius 1 is 0.839 bits per heavy atom. The summed E-state index contributed by atoms with van der Waals surface area (Å²) in [7, 11) is 0. The van der Waals surface area contributed by atoms with Crippen LogP contribution in [0.15, 0.2) is 66.7 Å². The number of amides is 2. The molecule has 0 unspecified atom stereocenters. The van der Waals surface area contributed by atoms with Gasteiger partial charge in [0.25, 0.3) is 0 Å². The van der Waals surface area contributed by atoms with Crippen LogP contribution in [0.4, 0.5) is 29.5 Å². The highest BCUT2D eigenvalue weighted by atomic mass is 19.4. The predicted molar refractivity (Wildman–Crippen MR) is 112 cm³/mol. The first-order valence-corrected chi connectivity index (χ1v) is 9.77. The fraction of sp³-hybridized carbons (Fsp3) is 0.227. The molecule has 0 atom stereocenters. The van der Waals surface area contributed by atoms with E-state index in [-0.39, 0.29) is 6.03 Å². The van der Waals surface area contributed by atoms with Gasteiger partial charge in [0.1, 0.15) is 0 Å². The van der Waals surface area contributed by atoms with Gasteiger partial charge in [-0.15, -0.1) is 10.2 Å². The molecule has 9 heteroatoms. The third-order valence-corrected chi connectivity index (χ3v) is 5.07. The molecule has 2 heterocycles. The molecule has 0 saturated carbocycles. The SMILES string of the molecule is O=C(Nc1ccc(C(F)(F)F)cc1)N1CCN(c2ccc(-c3ccccc3)nn2)CC1. The van der Waals surface area contributed by atoms with E-state index in [2.05, 4.69) is 15.5 Å². The van der Waals surface area contributed by atoms with E-state index in [4.69, 9.17) is 0 Å². The van der Waals surface area contributed by atoms with E-state index in [9.17, 15) is 18.0 Å². The Labute approximate surface area is 177 Å². The largest absolute Gasteiger partial charge is 0.416 e. The summed E-state index contributed by atoms with van der Waals surface area (Å²) < 4.78 is 37.9. The van der Waals surface area contributed by atoms with Gasteiger partial charge in [0, 0.05) is 37.4 Å². The number of aromatic nitrogens is 2. The van der Waals surface area contributed by atoms with Gasteiger partial charge in [-0.25, -0.2) is 4.79 Å². The van der Waals surface area contributed by atoms with Gasteiger partial charge in [-0.2, -0.15) is 13.2 Å². The monoisotopic (exact) mass is 427 g/mol. The van der Waals surface area contributed by atoms with Crippen molar-refractivity contribution in [3.8, 4) is 11.3 Å². The molecule has 1 N–H and O–H groups in total. The number of urea groups is 1. The summed E-state index contributed by atoms with van der Waals surface area (Å²) in [4.78, 5) is 16.1. The number of halogens is 3. The van der Waals surface area contributed by atoms with Crippen molar-refractivity contribution in [3.05, 3.63) is 72.3 Å². The highest BCUT2D eigenvalue weighted by Crippen LogP contribution is 2.30. The zero-order valence-corrected chi connectivity index (χ0v) is 16.5. The Morgan fingerprint density at radius 3 is 2.10 bits per heavy atom. The average Bonchev–Trinajstić information content (AvgIpc) is 2.80. The Morgan fingerprint density at radius 2 is 1.52 bits per heavy atom. The maximum Gasteiger partial charge on any atom is 0.416 e. The Kier molecular flexibility index (Phi) is 5.75. The molecule has 3 aromatic rings. The lowest BCUT2D eigenvalue weighted by Crippen LogP contribution is -2.50. The molecule has 1 fully saturated rings. The van der Waals surface area contributed by atoms with Crippen molar-refractivity contribution in [2.24, 2.45) is 0 Å². The van der Waals surface area contributed by atoms with Gasteiger partial charge < -0.3 is 15.1 Å². The predicted octanol–water partition coefficient (Wildman–Crippen LogP) is 4.52. The van der Waals surface area contributed by atoms with Crippen molar-refractivity contribution >= 4 is 17.5 Å². The number of carbonyl (C=O) groups excluding carboxylic acids is 1. The molecule has 1 aliphatic rings. The normalized spacial score (nSPS) is 14.4. The van der Waals surface area contributed by atoms with Gasteiger partial charge in [-0.1, -0.05) is 30.3 Å². The number of carbonyl (C=O) groups is 1. The van der Waals surface area contributed by atoms with Crippen LogP contribution in [0.2, 0.25) is 0 Å². The van der Waals surface area contributed by atoms with E-state index in [0.717, 1.165) is 29.2 Å². The lowest BCUT2D eigenvalue weighted by molar-refractivity contribution is -0.137. The minimum Gasteiger partial charge on any atom is -0.352 e. The lowest BCUT2D eigenvalue weighted by atomic mass is 10.1. The van der Waals surface area contributed by atoms with Crippen LogP contribution in [0, 0.1) is 0 Å². The van der Waals surface area contributed by atoms with Crippen LogP contribution in [0.5, 0.6) is 0 Å². The minimum absolute atomic E-state index is 0.322. The number of anilines is 2. The summed E-state index contributed by atoms with van der Waals surface area (Å²) in [6.07, 6.45) is -4.40. The molecule has 0 aliphatic carbocycles. The van der Waals surface area contributed by atoms with Crippen molar-refractivity contribution in [3.63, 3.8) is 0 Å². The summed E-state index contributed by atoms with van der Waals surface area (Å²) in [5, 5.41) is 11.2. The fourth-order valence-electron chi connectivity index (χ4n) is 3.34. The topological polar surface area (TPSA) is 61.4 Å². The molecule has 4 rings (SSSR count). The molecule has 2 amide bonds. The van der Waals surface area contributed by atoms with Crippen molar-refractivity contribution in [2.75, 3.05) is 36.4 Å². The first-order chi connectivity index (χ1) is 14.9. The van der Waals surface area contributed by atoms with Crippen LogP contribution in [0.1, 0.15) is 5.56 Å². The van der Waals surface area contributed by atoms with E-state index in [1.165, 1.54) is 12.1 Å². The summed E-state index contributed by atoms with van der Waals surface area (Å²) in [5.74, 6) is 0.738. The third-order valence-electron chi connectivity index (χ3n) is 5.07. The van der Waals surface area contributed by atoms with E-state index in [1.807, 2.05) is 47.4 Å². The lowest BCUT2D eigenvalue weighted by Gasteiger charge is -2.35. The maximum atomic E-state index is 12.6. The molecule has 1 saturated heterocycles. The average molecular weight is 427 g/mol. The standard InChI is InChI=1S/C22H20F3N5O/c23-22(24,25)17-6-8-18(9-7-17)26-21(31)30-14-12-29(13-15-30)20-11-10-19(27-28-20)16-4-2-1-3-5-16/h1-11H,12-15H2,(H,26,31). The van der Waals surface area contributed by atoms with Gasteiger partial charge in [-0.05, 0) is 36.4 Å². The van der Waals surface area contributed by atoms with Gasteiger partial charge in [0.05, 0.1) is 11.3 Å². The van der Waals surface area contributed by atoms with Crippen molar-refractivity contribution < 1.29 is 18.0 Å². The van der Waals surface area contributed by atoms with E-state index < -0.39 is 11.7 Å². The quantitative estimate of drug-likeness (QED) is 0.668. The highest BCUT2D eigenvalue weighted by Gasteiger charge is 2.30. The second kappa shape index (κ2) is 8.63. The Bertz CT molecular complexity index is 1020. The van der Waals surface area contributed by atoms with Gasteiger partial charge in [-0.3, -0.25) is 0 Å². The number of hydrogen-bond acceptors (Lipinski definition) is 4. The Hall–Kier alpha value is -3.62. The molecule has 6 nitrogen and oxygen atoms in total. The molecular weight excluding hydrogens is 407 g/mol. The zero-order chi connectivity index (χ0) is 21.8. The number of alkyl halides is 3. The van der Waals surface area contributed by atoms with Crippen molar-refractivity contribution in [2.45, 2.75) is 6.18 Å². The molecule has 31 heavy (non-hydrogen) atoms. The molecule has 0 bridgehead atoms. The van der Waals surface area contributed by atoms with Crippen LogP contribution in [0.3, 0.4) is 0 Å². The number of nitrogens with zero attached hydrogens (tertiary/aromatic N) is 4. The first-order valence-electron chi connectivity index (χ1n) is 9.77. The molecule has 160 valence electrons. The highest BCUT2D eigenvalue weighted by molar-refractivity contribution is 5.89. The first kappa shape index (κ1) is 20.6. The van der Waals surface area contributed by atoms with Crippen LogP contribution in [-0.2, 0) is 6.18 Å². The van der Waals surface area contributed by atoms with E-state index in [1.54, 1.807) is 4.90 Å². The molecule has 2 aromatic carbocycles. The smallest absolute Gasteiger partial charge is 0.352 e. The number of rotatable bonds is 3. The fourth-order valence-corrected chi connectivity index (χ4v) is 3.34. The number of nitrogens with one attached hydrogen (secondary N) is 1. The van der Waals surface area contributed by atoms with E-state index in [0.29, 0.717) is 31.9 Å². The molecule has 1 aromatic heterocycles. The second-order valence-corrected chi connectivity index (χ2v) is 7.12. The second-order valence-electron chi connectivity index (χ2n) is 7.12. The molecular formula is C22H20F3N5O. The third kappa shape index (κ3) is 4.93.